The maximum absolute atomic E-state index is 13.5. The molecule has 0 saturated carbocycles. The first-order valence-electron chi connectivity index (χ1n) is 15.6. The Morgan fingerprint density at radius 2 is 1.76 bits per heavy atom. The lowest BCUT2D eigenvalue weighted by molar-refractivity contribution is -0.137. The number of piperidine rings is 1. The number of hydrogen-bond donors (Lipinski definition) is 1. The van der Waals surface area contributed by atoms with Gasteiger partial charge in [0.2, 0.25) is 0 Å². The molecule has 230 valence electrons. The van der Waals surface area contributed by atoms with Crippen LogP contribution >= 0.6 is 24.0 Å². The molecule has 1 N–H and O–H groups in total. The molecule has 2 aliphatic rings. The molecule has 10 heteroatoms. The number of thiocarbonyl (C=S) groups is 1. The number of aliphatic carboxylic acids is 1. The molecule has 0 spiro atoms. The molecule has 0 aliphatic carbocycles. The summed E-state index contributed by atoms with van der Waals surface area (Å²) in [5.74, 6) is 0.485. The van der Waals surface area contributed by atoms with Crippen LogP contribution in [0.3, 0.4) is 0 Å². The van der Waals surface area contributed by atoms with Gasteiger partial charge in [-0.15, -0.1) is 0 Å². The van der Waals surface area contributed by atoms with Gasteiger partial charge in [0, 0.05) is 38.2 Å². The summed E-state index contributed by atoms with van der Waals surface area (Å²) < 4.78 is 2.32. The molecule has 0 aromatic carbocycles. The fraction of sp³-hybridized carbons (Fsp3) is 0.656. The van der Waals surface area contributed by atoms with E-state index in [2.05, 4.69) is 24.8 Å². The Kier molecular flexibility index (Phi) is 13.6. The Morgan fingerprint density at radius 1 is 1.10 bits per heavy atom. The number of thioether (sulfide) groups is 1. The number of carbonyl (C=O) groups excluding carboxylic acids is 1. The van der Waals surface area contributed by atoms with E-state index < -0.39 is 5.97 Å². The summed E-state index contributed by atoms with van der Waals surface area (Å²) in [4.78, 5) is 42.1. The predicted molar refractivity (Wildman–Crippen MR) is 175 cm³/mol. The number of pyridine rings is 1. The van der Waals surface area contributed by atoms with Gasteiger partial charge in [-0.25, -0.2) is 0 Å². The number of anilines is 1. The van der Waals surface area contributed by atoms with Gasteiger partial charge in [0.15, 0.2) is 0 Å². The zero-order valence-electron chi connectivity index (χ0n) is 25.5. The van der Waals surface area contributed by atoms with Crippen molar-refractivity contribution in [2.45, 2.75) is 111 Å². The molecule has 0 radical (unpaired) electrons. The molecule has 1 amide bonds. The van der Waals surface area contributed by atoms with Crippen LogP contribution in [0.25, 0.3) is 6.08 Å². The molecule has 1 atom stereocenters. The van der Waals surface area contributed by atoms with Crippen LogP contribution < -0.4 is 10.5 Å². The highest BCUT2D eigenvalue weighted by molar-refractivity contribution is 8.26. The summed E-state index contributed by atoms with van der Waals surface area (Å²) in [5, 5.41) is 18.6. The molecule has 1 unspecified atom stereocenters. The SMILES string of the molecule is CCCCn1c(N2CCCC(C)C2)c(C=C2SC(=S)N(CCCCCCCCCCC(=O)O)C2=O)c(C)c(C#N)c1=O. The van der Waals surface area contributed by atoms with Crippen molar-refractivity contribution in [2.24, 2.45) is 5.92 Å². The topological polar surface area (TPSA) is 107 Å². The number of nitriles is 1. The standard InChI is InChI=1S/C32H46N4O4S2/c1-4-5-18-35-29(34-17-14-15-23(2)22-34)25(24(3)26(21-33)30(35)39)20-27-31(40)36(32(41)42-27)19-13-11-9-7-6-8-10-12-16-28(37)38/h20,23H,4-19,22H2,1-3H3,(H,37,38). The van der Waals surface area contributed by atoms with Gasteiger partial charge in [-0.05, 0) is 56.6 Å². The number of carboxylic acids is 1. The number of carboxylic acid groups (broad SMARTS) is 1. The first-order valence-corrected chi connectivity index (χ1v) is 16.8. The predicted octanol–water partition coefficient (Wildman–Crippen LogP) is 6.86. The minimum atomic E-state index is -0.726. The normalized spacial score (nSPS) is 18.2. The number of unbranched alkanes of at least 4 members (excludes halogenated alkanes) is 8. The van der Waals surface area contributed by atoms with Crippen LogP contribution in [0.4, 0.5) is 5.82 Å². The fourth-order valence-electron chi connectivity index (χ4n) is 5.82. The van der Waals surface area contributed by atoms with Crippen molar-refractivity contribution in [3.8, 4) is 6.07 Å². The van der Waals surface area contributed by atoms with Crippen LogP contribution in [0.1, 0.15) is 114 Å². The maximum Gasteiger partial charge on any atom is 0.303 e. The van der Waals surface area contributed by atoms with E-state index in [-0.39, 0.29) is 23.5 Å². The van der Waals surface area contributed by atoms with Crippen LogP contribution in [0.15, 0.2) is 9.70 Å². The van der Waals surface area contributed by atoms with Gasteiger partial charge in [-0.2, -0.15) is 5.26 Å². The second-order valence-electron chi connectivity index (χ2n) is 11.7. The molecule has 8 nitrogen and oxygen atoms in total. The zero-order chi connectivity index (χ0) is 30.6. The average Bonchev–Trinajstić information content (AvgIpc) is 3.22. The van der Waals surface area contributed by atoms with Gasteiger partial charge in [-0.1, -0.05) is 82.8 Å². The van der Waals surface area contributed by atoms with Gasteiger partial charge in [0.25, 0.3) is 11.5 Å². The van der Waals surface area contributed by atoms with Gasteiger partial charge in [0.1, 0.15) is 21.8 Å². The lowest BCUT2D eigenvalue weighted by Gasteiger charge is -2.36. The van der Waals surface area contributed by atoms with Gasteiger partial charge in [-0.3, -0.25) is 23.9 Å². The summed E-state index contributed by atoms with van der Waals surface area (Å²) in [6.07, 6.45) is 14.0. The molecule has 2 fully saturated rings. The Labute approximate surface area is 260 Å². The van der Waals surface area contributed by atoms with E-state index in [1.54, 1.807) is 9.47 Å². The van der Waals surface area contributed by atoms with Crippen LogP contribution in [0.5, 0.6) is 0 Å². The second-order valence-corrected chi connectivity index (χ2v) is 13.3. The first-order chi connectivity index (χ1) is 20.2. The smallest absolute Gasteiger partial charge is 0.303 e. The van der Waals surface area contributed by atoms with Crippen molar-refractivity contribution in [2.75, 3.05) is 24.5 Å². The summed E-state index contributed by atoms with van der Waals surface area (Å²) >= 11 is 6.92. The van der Waals surface area contributed by atoms with E-state index in [1.165, 1.54) is 11.8 Å². The number of rotatable bonds is 16. The third kappa shape index (κ3) is 8.93. The summed E-state index contributed by atoms with van der Waals surface area (Å²) in [6, 6.07) is 2.14. The minimum Gasteiger partial charge on any atom is -0.481 e. The Hall–Kier alpha value is -2.64. The van der Waals surface area contributed by atoms with Crippen LogP contribution in [0, 0.1) is 24.2 Å². The molecule has 1 aromatic heterocycles. The van der Waals surface area contributed by atoms with Crippen LogP contribution in [0.2, 0.25) is 0 Å². The number of carbonyl (C=O) groups is 2. The highest BCUT2D eigenvalue weighted by Gasteiger charge is 2.33. The van der Waals surface area contributed by atoms with Gasteiger partial charge in [0.05, 0.1) is 4.91 Å². The molecule has 3 rings (SSSR count). The maximum atomic E-state index is 13.5. The number of amides is 1. The number of aromatic nitrogens is 1. The Balaban J connectivity index is 1.75. The molecule has 2 aliphatic heterocycles. The Bertz CT molecular complexity index is 1270. The van der Waals surface area contributed by atoms with Crippen molar-refractivity contribution >= 4 is 52.1 Å². The molecule has 1 aromatic rings. The van der Waals surface area contributed by atoms with E-state index in [4.69, 9.17) is 17.3 Å². The van der Waals surface area contributed by atoms with Crippen molar-refractivity contribution < 1.29 is 14.7 Å². The lowest BCUT2D eigenvalue weighted by atomic mass is 9.98. The molecular weight excluding hydrogens is 569 g/mol. The van der Waals surface area contributed by atoms with Crippen molar-refractivity contribution in [3.05, 3.63) is 31.9 Å². The Morgan fingerprint density at radius 3 is 2.38 bits per heavy atom. The average molecular weight is 615 g/mol. The van der Waals surface area contributed by atoms with E-state index in [0.29, 0.717) is 33.8 Å². The molecular formula is C32H46N4O4S2. The van der Waals surface area contributed by atoms with Crippen LogP contribution in [-0.4, -0.2) is 50.4 Å². The first kappa shape index (κ1) is 33.9. The third-order valence-electron chi connectivity index (χ3n) is 8.21. The van der Waals surface area contributed by atoms with E-state index in [1.807, 2.05) is 13.0 Å². The van der Waals surface area contributed by atoms with Crippen molar-refractivity contribution in [1.82, 2.24) is 9.47 Å². The quantitative estimate of drug-likeness (QED) is 0.122. The largest absolute Gasteiger partial charge is 0.481 e. The summed E-state index contributed by atoms with van der Waals surface area (Å²) in [6.45, 7) is 8.92. The van der Waals surface area contributed by atoms with E-state index in [9.17, 15) is 19.6 Å². The fourth-order valence-corrected chi connectivity index (χ4v) is 7.11. The highest BCUT2D eigenvalue weighted by atomic mass is 32.2. The molecule has 42 heavy (non-hydrogen) atoms. The molecule has 3 heterocycles. The lowest BCUT2D eigenvalue weighted by Crippen LogP contribution is -2.40. The van der Waals surface area contributed by atoms with E-state index in [0.717, 1.165) is 102 Å². The van der Waals surface area contributed by atoms with Gasteiger partial charge >= 0.3 is 5.97 Å². The van der Waals surface area contributed by atoms with Crippen molar-refractivity contribution in [1.29, 1.82) is 5.26 Å². The zero-order valence-corrected chi connectivity index (χ0v) is 27.1. The number of hydrogen-bond acceptors (Lipinski definition) is 7. The summed E-state index contributed by atoms with van der Waals surface area (Å²) in [5.41, 5.74) is 1.29. The minimum absolute atomic E-state index is 0.106. The molecule has 2 saturated heterocycles. The van der Waals surface area contributed by atoms with Gasteiger partial charge < -0.3 is 10.0 Å². The van der Waals surface area contributed by atoms with E-state index >= 15 is 0 Å². The van der Waals surface area contributed by atoms with Crippen LogP contribution in [-0.2, 0) is 16.1 Å². The highest BCUT2D eigenvalue weighted by Crippen LogP contribution is 2.37. The molecule has 0 bridgehead atoms. The monoisotopic (exact) mass is 614 g/mol. The van der Waals surface area contributed by atoms with Crippen molar-refractivity contribution in [3.63, 3.8) is 0 Å². The second kappa shape index (κ2) is 16.9. The number of nitrogens with zero attached hydrogens (tertiary/aromatic N) is 4. The third-order valence-corrected chi connectivity index (χ3v) is 9.59. The summed E-state index contributed by atoms with van der Waals surface area (Å²) in [7, 11) is 0.